The second-order valence-corrected chi connectivity index (χ2v) is 6.21. The summed E-state index contributed by atoms with van der Waals surface area (Å²) < 4.78 is 10.1. The molecule has 27 heavy (non-hydrogen) atoms. The summed E-state index contributed by atoms with van der Waals surface area (Å²) in [4.78, 5) is 30.3. The number of esters is 1. The molecule has 1 amide bonds. The van der Waals surface area contributed by atoms with E-state index in [1.54, 1.807) is 0 Å². The van der Waals surface area contributed by atoms with E-state index < -0.39 is 5.97 Å². The Balaban J connectivity index is 1.67. The van der Waals surface area contributed by atoms with Gasteiger partial charge >= 0.3 is 5.97 Å². The molecule has 2 aromatic rings. The molecule has 0 bridgehead atoms. The fraction of sp³-hybridized carbons (Fsp3) is 0.350. The van der Waals surface area contributed by atoms with E-state index in [2.05, 4.69) is 32.1 Å². The van der Waals surface area contributed by atoms with Gasteiger partial charge in [-0.1, -0.05) is 30.3 Å². The summed E-state index contributed by atoms with van der Waals surface area (Å²) in [5.74, 6) is -0.758. The number of methoxy groups -OCH3 is 1. The molecule has 0 spiro atoms. The third-order valence-electron chi connectivity index (χ3n) is 4.54. The summed E-state index contributed by atoms with van der Waals surface area (Å²) in [6.45, 7) is 3.48. The number of hydrogen-bond acceptors (Lipinski definition) is 6. The van der Waals surface area contributed by atoms with Crippen molar-refractivity contribution in [3.63, 3.8) is 0 Å². The van der Waals surface area contributed by atoms with Crippen LogP contribution in [0.15, 0.2) is 48.7 Å². The topological polar surface area (TPSA) is 80.8 Å². The van der Waals surface area contributed by atoms with Crippen LogP contribution in [0.1, 0.15) is 32.5 Å². The molecule has 2 heterocycles. The molecule has 3 rings (SSSR count). The molecule has 1 atom stereocenters. The molecule has 1 fully saturated rings. The maximum Gasteiger partial charge on any atom is 0.339 e. The Hall–Kier alpha value is -2.77. The summed E-state index contributed by atoms with van der Waals surface area (Å²) in [5, 5.41) is 2.96. The zero-order valence-electron chi connectivity index (χ0n) is 15.3. The van der Waals surface area contributed by atoms with Crippen molar-refractivity contribution in [2.45, 2.75) is 6.04 Å². The molecule has 1 aliphatic heterocycles. The maximum atomic E-state index is 12.5. The number of nitrogens with one attached hydrogen (secondary N) is 1. The van der Waals surface area contributed by atoms with E-state index in [0.717, 1.165) is 18.7 Å². The smallest absolute Gasteiger partial charge is 0.339 e. The summed E-state index contributed by atoms with van der Waals surface area (Å²) in [6.07, 6.45) is 1.34. The van der Waals surface area contributed by atoms with Gasteiger partial charge in [0.05, 0.1) is 31.9 Å². The van der Waals surface area contributed by atoms with Gasteiger partial charge in [0.1, 0.15) is 5.69 Å². The lowest BCUT2D eigenvalue weighted by atomic mass is 10.0. The number of hydrogen-bond donors (Lipinski definition) is 1. The lowest BCUT2D eigenvalue weighted by molar-refractivity contribution is 0.0162. The molecule has 1 aromatic heterocycles. The normalized spacial score (nSPS) is 15.7. The number of ether oxygens (including phenoxy) is 2. The van der Waals surface area contributed by atoms with E-state index in [-0.39, 0.29) is 17.6 Å². The fourth-order valence-corrected chi connectivity index (χ4v) is 3.07. The molecular formula is C20H23N3O4. The first-order chi connectivity index (χ1) is 13.2. The van der Waals surface area contributed by atoms with Crippen LogP contribution in [0.2, 0.25) is 0 Å². The van der Waals surface area contributed by atoms with E-state index in [4.69, 9.17) is 4.74 Å². The van der Waals surface area contributed by atoms with Gasteiger partial charge in [0, 0.05) is 25.8 Å². The van der Waals surface area contributed by atoms with Crippen molar-refractivity contribution in [1.82, 2.24) is 15.2 Å². The van der Waals surface area contributed by atoms with Crippen LogP contribution in [0.4, 0.5) is 0 Å². The largest absolute Gasteiger partial charge is 0.465 e. The number of carbonyl (C=O) groups is 2. The van der Waals surface area contributed by atoms with Crippen LogP contribution in [-0.2, 0) is 9.47 Å². The number of carbonyl (C=O) groups excluding carboxylic acids is 2. The lowest BCUT2D eigenvalue weighted by Crippen LogP contribution is -2.43. The Morgan fingerprint density at radius 3 is 2.56 bits per heavy atom. The lowest BCUT2D eigenvalue weighted by Gasteiger charge is -2.34. The molecule has 1 aromatic carbocycles. The molecule has 7 heteroatoms. The first kappa shape index (κ1) is 19.0. The van der Waals surface area contributed by atoms with Crippen molar-refractivity contribution in [2.24, 2.45) is 0 Å². The number of aromatic nitrogens is 1. The minimum absolute atomic E-state index is 0.0633. The van der Waals surface area contributed by atoms with Crippen LogP contribution in [0.25, 0.3) is 0 Å². The van der Waals surface area contributed by atoms with E-state index in [1.807, 2.05) is 18.2 Å². The van der Waals surface area contributed by atoms with Gasteiger partial charge in [-0.2, -0.15) is 0 Å². The number of nitrogens with zero attached hydrogens (tertiary/aromatic N) is 2. The van der Waals surface area contributed by atoms with E-state index in [9.17, 15) is 9.59 Å². The first-order valence-corrected chi connectivity index (χ1v) is 8.88. The van der Waals surface area contributed by atoms with Crippen molar-refractivity contribution in [2.75, 3.05) is 40.0 Å². The van der Waals surface area contributed by atoms with Gasteiger partial charge in [0.15, 0.2) is 0 Å². The van der Waals surface area contributed by atoms with Crippen LogP contribution in [-0.4, -0.2) is 61.7 Å². The fourth-order valence-electron chi connectivity index (χ4n) is 3.07. The monoisotopic (exact) mass is 369 g/mol. The Bertz CT molecular complexity index is 759. The van der Waals surface area contributed by atoms with E-state index in [0.29, 0.717) is 25.3 Å². The Kier molecular flexibility index (Phi) is 6.51. The molecular weight excluding hydrogens is 346 g/mol. The molecule has 1 saturated heterocycles. The number of morpholine rings is 1. The van der Waals surface area contributed by atoms with Crippen LogP contribution >= 0.6 is 0 Å². The van der Waals surface area contributed by atoms with Gasteiger partial charge in [-0.15, -0.1) is 0 Å². The maximum absolute atomic E-state index is 12.5. The van der Waals surface area contributed by atoms with Crippen molar-refractivity contribution >= 4 is 11.9 Å². The second-order valence-electron chi connectivity index (χ2n) is 6.21. The molecule has 7 nitrogen and oxygen atoms in total. The molecule has 1 unspecified atom stereocenters. The highest BCUT2D eigenvalue weighted by Crippen LogP contribution is 2.21. The average Bonchev–Trinajstić information content (AvgIpc) is 2.75. The molecule has 0 aliphatic carbocycles. The highest BCUT2D eigenvalue weighted by atomic mass is 16.5. The van der Waals surface area contributed by atoms with E-state index in [1.165, 1.54) is 25.4 Å². The summed E-state index contributed by atoms with van der Waals surface area (Å²) >= 11 is 0. The number of rotatable bonds is 6. The van der Waals surface area contributed by atoms with Gasteiger partial charge in [0.25, 0.3) is 5.91 Å². The summed E-state index contributed by atoms with van der Waals surface area (Å²) in [5.41, 5.74) is 1.72. The van der Waals surface area contributed by atoms with Gasteiger partial charge in [-0.05, 0) is 17.7 Å². The average molecular weight is 369 g/mol. The molecule has 142 valence electrons. The predicted octanol–water partition coefficient (Wildman–Crippen LogP) is 1.67. The van der Waals surface area contributed by atoms with Crippen LogP contribution in [0.5, 0.6) is 0 Å². The first-order valence-electron chi connectivity index (χ1n) is 8.88. The Morgan fingerprint density at radius 2 is 1.93 bits per heavy atom. The molecule has 1 N–H and O–H groups in total. The minimum Gasteiger partial charge on any atom is -0.465 e. The number of pyridine rings is 1. The zero-order chi connectivity index (χ0) is 19.1. The van der Waals surface area contributed by atoms with Crippen LogP contribution in [0, 0.1) is 0 Å². The van der Waals surface area contributed by atoms with E-state index >= 15 is 0 Å². The second kappa shape index (κ2) is 9.25. The predicted molar refractivity (Wildman–Crippen MR) is 99.5 cm³/mol. The highest BCUT2D eigenvalue weighted by molar-refractivity contribution is 5.94. The molecule has 0 saturated carbocycles. The SMILES string of the molecule is COC(=O)c1ccc(C(=O)NCC(c2ccccc2)N2CCOCC2)nc1. The number of amides is 1. The third-order valence-corrected chi connectivity index (χ3v) is 4.54. The zero-order valence-corrected chi connectivity index (χ0v) is 15.3. The van der Waals surface area contributed by atoms with Gasteiger partial charge in [-0.3, -0.25) is 14.7 Å². The minimum atomic E-state index is -0.481. The van der Waals surface area contributed by atoms with Crippen LogP contribution < -0.4 is 5.32 Å². The summed E-state index contributed by atoms with van der Waals surface area (Å²) in [6, 6.07) is 13.2. The number of benzene rings is 1. The van der Waals surface area contributed by atoms with Crippen molar-refractivity contribution < 1.29 is 19.1 Å². The van der Waals surface area contributed by atoms with Gasteiger partial charge in [-0.25, -0.2) is 4.79 Å². The van der Waals surface area contributed by atoms with Crippen molar-refractivity contribution in [1.29, 1.82) is 0 Å². The van der Waals surface area contributed by atoms with Gasteiger partial charge < -0.3 is 14.8 Å². The van der Waals surface area contributed by atoms with Crippen molar-refractivity contribution in [3.8, 4) is 0 Å². The standard InChI is InChI=1S/C20H23N3O4/c1-26-20(25)16-7-8-17(21-13-16)19(24)22-14-18(15-5-3-2-4-6-15)23-9-11-27-12-10-23/h2-8,13,18H,9-12,14H2,1H3,(H,22,24). The Morgan fingerprint density at radius 1 is 1.19 bits per heavy atom. The Labute approximate surface area is 158 Å². The van der Waals surface area contributed by atoms with Crippen LogP contribution in [0.3, 0.4) is 0 Å². The van der Waals surface area contributed by atoms with Crippen molar-refractivity contribution in [3.05, 3.63) is 65.5 Å². The molecule has 1 aliphatic rings. The summed E-state index contributed by atoms with van der Waals surface area (Å²) in [7, 11) is 1.30. The molecule has 0 radical (unpaired) electrons. The van der Waals surface area contributed by atoms with Gasteiger partial charge in [0.2, 0.25) is 0 Å². The highest BCUT2D eigenvalue weighted by Gasteiger charge is 2.23. The third kappa shape index (κ3) is 4.90. The quantitative estimate of drug-likeness (QED) is 0.780.